The molecule has 1 rings (SSSR count). The Morgan fingerprint density at radius 2 is 1.93 bits per heavy atom. The normalized spacial score (nSPS) is 10.3. The number of rotatable bonds is 6. The maximum absolute atomic E-state index is 5.35. The Balaban J connectivity index is 2.88. The van der Waals surface area contributed by atoms with Crippen LogP contribution in [0.4, 0.5) is 0 Å². The molecule has 4 nitrogen and oxygen atoms in total. The molecule has 0 atom stereocenters. The lowest BCUT2D eigenvalue weighted by molar-refractivity contribution is 0.140. The van der Waals surface area contributed by atoms with Crippen molar-refractivity contribution in [3.63, 3.8) is 0 Å². The molecule has 0 aliphatic heterocycles. The molecule has 2 N–H and O–H groups in total. The van der Waals surface area contributed by atoms with Crippen LogP contribution in [0.15, 0.2) is 18.2 Å². The number of benzene rings is 1. The molecular formula is C11H17NO3. The van der Waals surface area contributed by atoms with Gasteiger partial charge in [-0.1, -0.05) is 18.2 Å². The number of hydrogen-bond donors (Lipinski definition) is 1. The van der Waals surface area contributed by atoms with E-state index in [0.717, 1.165) is 23.3 Å². The first-order valence-corrected chi connectivity index (χ1v) is 4.78. The summed E-state index contributed by atoms with van der Waals surface area (Å²) in [5.41, 5.74) is 2.12. The summed E-state index contributed by atoms with van der Waals surface area (Å²) in [6.45, 7) is 1.02. The van der Waals surface area contributed by atoms with E-state index in [9.17, 15) is 0 Å². The molecule has 0 aromatic heterocycles. The van der Waals surface area contributed by atoms with Crippen molar-refractivity contribution in [3.05, 3.63) is 29.3 Å². The Morgan fingerprint density at radius 3 is 2.53 bits per heavy atom. The van der Waals surface area contributed by atoms with Gasteiger partial charge in [0.25, 0.3) is 0 Å². The van der Waals surface area contributed by atoms with Crippen LogP contribution < -0.4 is 10.6 Å². The average Bonchev–Trinajstić information content (AvgIpc) is 2.27. The van der Waals surface area contributed by atoms with Gasteiger partial charge >= 0.3 is 0 Å². The van der Waals surface area contributed by atoms with E-state index >= 15 is 0 Å². The van der Waals surface area contributed by atoms with Crippen LogP contribution in [-0.2, 0) is 22.6 Å². The van der Waals surface area contributed by atoms with Gasteiger partial charge in [0.2, 0.25) is 0 Å². The van der Waals surface area contributed by atoms with E-state index in [-0.39, 0.29) is 0 Å². The lowest BCUT2D eigenvalue weighted by atomic mass is 10.1. The fourth-order valence-corrected chi connectivity index (χ4v) is 1.54. The maximum Gasteiger partial charge on any atom is 0.127 e. The number of methoxy groups -OCH3 is 2. The van der Waals surface area contributed by atoms with Crippen LogP contribution in [0.1, 0.15) is 11.1 Å². The van der Waals surface area contributed by atoms with Gasteiger partial charge in [-0.3, -0.25) is 0 Å². The van der Waals surface area contributed by atoms with Crippen LogP contribution in [0.25, 0.3) is 0 Å². The first-order chi connectivity index (χ1) is 7.33. The highest BCUT2D eigenvalue weighted by Gasteiger charge is 2.08. The predicted octanol–water partition coefficient (Wildman–Crippen LogP) is 1.27. The summed E-state index contributed by atoms with van der Waals surface area (Å²) >= 11 is 0. The van der Waals surface area contributed by atoms with Crippen molar-refractivity contribution in [1.29, 1.82) is 0 Å². The number of ether oxygens (including phenoxy) is 2. The van der Waals surface area contributed by atoms with Crippen LogP contribution >= 0.6 is 0 Å². The third-order valence-corrected chi connectivity index (χ3v) is 2.17. The Morgan fingerprint density at radius 1 is 1.20 bits per heavy atom. The molecule has 0 heterocycles. The van der Waals surface area contributed by atoms with Crippen LogP contribution in [-0.4, -0.2) is 20.8 Å². The molecule has 0 aliphatic rings. The molecular weight excluding hydrogens is 194 g/mol. The zero-order valence-electron chi connectivity index (χ0n) is 9.16. The van der Waals surface area contributed by atoms with Crippen LogP contribution in [0.3, 0.4) is 0 Å². The summed E-state index contributed by atoms with van der Waals surface area (Å²) in [4.78, 5) is 4.56. The Hall–Kier alpha value is -1.10. The SMILES string of the molecule is COCc1cccc(CCON)c1OC. The predicted molar refractivity (Wildman–Crippen MR) is 57.6 cm³/mol. The minimum Gasteiger partial charge on any atom is -0.496 e. The molecule has 0 bridgehead atoms. The zero-order chi connectivity index (χ0) is 11.1. The minimum atomic E-state index is 0.479. The molecule has 15 heavy (non-hydrogen) atoms. The quantitative estimate of drug-likeness (QED) is 0.720. The van der Waals surface area contributed by atoms with Gasteiger partial charge in [-0.2, -0.15) is 0 Å². The molecule has 0 fully saturated rings. The molecule has 84 valence electrons. The van der Waals surface area contributed by atoms with Gasteiger partial charge in [-0.15, -0.1) is 0 Å². The van der Waals surface area contributed by atoms with E-state index in [4.69, 9.17) is 15.4 Å². The van der Waals surface area contributed by atoms with E-state index in [1.165, 1.54) is 0 Å². The molecule has 4 heteroatoms. The van der Waals surface area contributed by atoms with E-state index < -0.39 is 0 Å². The van der Waals surface area contributed by atoms with Gasteiger partial charge < -0.3 is 14.3 Å². The molecule has 0 spiro atoms. The van der Waals surface area contributed by atoms with Gasteiger partial charge in [-0.05, 0) is 5.56 Å². The van der Waals surface area contributed by atoms with Gasteiger partial charge in [0.05, 0.1) is 20.3 Å². The smallest absolute Gasteiger partial charge is 0.127 e. The summed E-state index contributed by atoms with van der Waals surface area (Å²) in [6, 6.07) is 5.95. The average molecular weight is 211 g/mol. The van der Waals surface area contributed by atoms with Gasteiger partial charge in [0.1, 0.15) is 5.75 Å². The molecule has 0 aliphatic carbocycles. The first kappa shape index (κ1) is 12.0. The fourth-order valence-electron chi connectivity index (χ4n) is 1.54. The summed E-state index contributed by atoms with van der Waals surface area (Å²) in [5, 5.41) is 0. The highest BCUT2D eigenvalue weighted by molar-refractivity contribution is 5.41. The fraction of sp³-hybridized carbons (Fsp3) is 0.455. The van der Waals surface area contributed by atoms with Crippen LogP contribution in [0.2, 0.25) is 0 Å². The summed E-state index contributed by atoms with van der Waals surface area (Å²) in [7, 11) is 3.32. The lowest BCUT2D eigenvalue weighted by Crippen LogP contribution is -2.06. The third kappa shape index (κ3) is 3.20. The minimum absolute atomic E-state index is 0.479. The summed E-state index contributed by atoms with van der Waals surface area (Å²) < 4.78 is 10.4. The topological polar surface area (TPSA) is 53.7 Å². The van der Waals surface area contributed by atoms with Crippen molar-refractivity contribution >= 4 is 0 Å². The second-order valence-corrected chi connectivity index (χ2v) is 3.16. The molecule has 0 saturated carbocycles. The van der Waals surface area contributed by atoms with Gasteiger partial charge in [0, 0.05) is 19.1 Å². The van der Waals surface area contributed by atoms with Crippen molar-refractivity contribution in [2.75, 3.05) is 20.8 Å². The van der Waals surface area contributed by atoms with E-state index in [1.807, 2.05) is 18.2 Å². The molecule has 0 amide bonds. The molecule has 0 radical (unpaired) electrons. The summed E-state index contributed by atoms with van der Waals surface area (Å²) in [6.07, 6.45) is 0.733. The van der Waals surface area contributed by atoms with Crippen molar-refractivity contribution < 1.29 is 14.3 Å². The third-order valence-electron chi connectivity index (χ3n) is 2.17. The van der Waals surface area contributed by atoms with Gasteiger partial charge in [0.15, 0.2) is 0 Å². The van der Waals surface area contributed by atoms with Crippen molar-refractivity contribution in [1.82, 2.24) is 0 Å². The molecule has 1 aromatic carbocycles. The molecule has 0 saturated heterocycles. The van der Waals surface area contributed by atoms with Crippen LogP contribution in [0.5, 0.6) is 5.75 Å². The largest absolute Gasteiger partial charge is 0.496 e. The number of nitrogens with two attached hydrogens (primary N) is 1. The highest BCUT2D eigenvalue weighted by atomic mass is 16.6. The van der Waals surface area contributed by atoms with Gasteiger partial charge in [-0.25, -0.2) is 5.90 Å². The second-order valence-electron chi connectivity index (χ2n) is 3.16. The summed E-state index contributed by atoms with van der Waals surface area (Å²) in [5.74, 6) is 5.86. The Kier molecular flexibility index (Phi) is 5.10. The van der Waals surface area contributed by atoms with E-state index in [0.29, 0.717) is 13.2 Å². The zero-order valence-corrected chi connectivity index (χ0v) is 9.16. The number of para-hydroxylation sites is 1. The van der Waals surface area contributed by atoms with Crippen molar-refractivity contribution in [3.8, 4) is 5.75 Å². The second kappa shape index (κ2) is 6.40. The monoisotopic (exact) mass is 211 g/mol. The maximum atomic E-state index is 5.35. The number of hydrogen-bond acceptors (Lipinski definition) is 4. The van der Waals surface area contributed by atoms with Crippen molar-refractivity contribution in [2.24, 2.45) is 5.90 Å². The van der Waals surface area contributed by atoms with E-state index in [1.54, 1.807) is 14.2 Å². The molecule has 0 unspecified atom stereocenters. The van der Waals surface area contributed by atoms with Crippen molar-refractivity contribution in [2.45, 2.75) is 13.0 Å². The van der Waals surface area contributed by atoms with E-state index in [2.05, 4.69) is 4.84 Å². The molecule has 1 aromatic rings. The first-order valence-electron chi connectivity index (χ1n) is 4.78. The highest BCUT2D eigenvalue weighted by Crippen LogP contribution is 2.24. The Bertz CT molecular complexity index is 302. The lowest BCUT2D eigenvalue weighted by Gasteiger charge is -2.12. The standard InChI is InChI=1S/C11H17NO3/c1-13-8-10-5-3-4-9(6-7-15-12)11(10)14-2/h3-5H,6-8,12H2,1-2H3. The van der Waals surface area contributed by atoms with Crippen LogP contribution in [0, 0.1) is 0 Å². The Labute approximate surface area is 89.9 Å².